The number of carbonyl (C=O) groups excluding carboxylic acids is 1. The van der Waals surface area contributed by atoms with Gasteiger partial charge in [-0.25, -0.2) is 4.79 Å². The molecular formula is C17H18ClN3O3. The first-order chi connectivity index (χ1) is 11.5. The number of halogens is 1. The number of nitrogens with zero attached hydrogens (tertiary/aromatic N) is 2. The van der Waals surface area contributed by atoms with Crippen LogP contribution in [0.1, 0.15) is 29.4 Å². The molecule has 0 atom stereocenters. The minimum absolute atomic E-state index is 0.00333. The molecule has 0 aliphatic rings. The van der Waals surface area contributed by atoms with Crippen molar-refractivity contribution in [1.82, 2.24) is 4.98 Å². The van der Waals surface area contributed by atoms with Gasteiger partial charge in [-0.05, 0) is 43.7 Å². The molecule has 1 aromatic carbocycles. The van der Waals surface area contributed by atoms with E-state index in [0.29, 0.717) is 16.3 Å². The fourth-order valence-corrected chi connectivity index (χ4v) is 2.16. The minimum atomic E-state index is -0.851. The lowest BCUT2D eigenvalue weighted by Gasteiger charge is -2.08. The van der Waals surface area contributed by atoms with Gasteiger partial charge in [0.05, 0.1) is 11.4 Å². The topological polar surface area (TPSA) is 86.8 Å². The Bertz CT molecular complexity index is 762. The van der Waals surface area contributed by atoms with Gasteiger partial charge in [0.2, 0.25) is 0 Å². The molecule has 1 amide bonds. The third-order valence-corrected chi connectivity index (χ3v) is 3.56. The van der Waals surface area contributed by atoms with E-state index in [1.807, 2.05) is 38.1 Å². The van der Waals surface area contributed by atoms with Gasteiger partial charge >= 0.3 is 6.09 Å². The fraction of sp³-hybridized carbons (Fsp3) is 0.235. The number of benzene rings is 1. The van der Waals surface area contributed by atoms with Crippen LogP contribution < -0.4 is 5.73 Å². The van der Waals surface area contributed by atoms with Crippen LogP contribution in [0.5, 0.6) is 0 Å². The monoisotopic (exact) mass is 347 g/mol. The van der Waals surface area contributed by atoms with Crippen molar-refractivity contribution in [3.63, 3.8) is 0 Å². The number of ether oxygens (including phenoxy) is 1. The third-order valence-electron chi connectivity index (χ3n) is 3.19. The van der Waals surface area contributed by atoms with Gasteiger partial charge in [0, 0.05) is 16.3 Å². The molecule has 0 fully saturated rings. The van der Waals surface area contributed by atoms with Crippen LogP contribution in [0.2, 0.25) is 5.02 Å². The molecule has 1 heterocycles. The number of hydrogen-bond acceptors (Lipinski definition) is 5. The number of nitrogens with two attached hydrogens (primary N) is 1. The lowest BCUT2D eigenvalue weighted by Crippen LogP contribution is -2.13. The van der Waals surface area contributed by atoms with Gasteiger partial charge in [0.25, 0.3) is 0 Å². The van der Waals surface area contributed by atoms with Crippen LogP contribution in [-0.4, -0.2) is 16.8 Å². The van der Waals surface area contributed by atoms with Crippen LogP contribution in [0.15, 0.2) is 41.6 Å². The SMILES string of the molecule is CC(=NOCc1cccc(C)n1)c1ccc(Cl)c(COC(N)=O)c1. The molecule has 2 aromatic rings. The summed E-state index contributed by atoms with van der Waals surface area (Å²) in [5.41, 5.74) is 8.81. The molecule has 0 saturated carbocycles. The molecule has 7 heteroatoms. The molecule has 0 spiro atoms. The third kappa shape index (κ3) is 5.24. The van der Waals surface area contributed by atoms with Crippen molar-refractivity contribution in [2.45, 2.75) is 27.1 Å². The first-order valence-electron chi connectivity index (χ1n) is 7.26. The van der Waals surface area contributed by atoms with Crippen LogP contribution in [0.4, 0.5) is 4.79 Å². The van der Waals surface area contributed by atoms with Crippen molar-refractivity contribution in [3.8, 4) is 0 Å². The highest BCUT2D eigenvalue weighted by atomic mass is 35.5. The molecule has 2 N–H and O–H groups in total. The van der Waals surface area contributed by atoms with Crippen molar-refractivity contribution in [2.75, 3.05) is 0 Å². The second-order valence-corrected chi connectivity index (χ2v) is 5.54. The predicted molar refractivity (Wildman–Crippen MR) is 91.8 cm³/mol. The molecule has 6 nitrogen and oxygen atoms in total. The fourth-order valence-electron chi connectivity index (χ4n) is 1.99. The van der Waals surface area contributed by atoms with Gasteiger partial charge in [-0.15, -0.1) is 0 Å². The molecule has 0 saturated heterocycles. The van der Waals surface area contributed by atoms with E-state index in [1.54, 1.807) is 12.1 Å². The van der Waals surface area contributed by atoms with Gasteiger partial charge in [-0.1, -0.05) is 28.9 Å². The van der Waals surface area contributed by atoms with Gasteiger partial charge in [0.1, 0.15) is 6.61 Å². The molecule has 0 unspecified atom stereocenters. The Morgan fingerprint density at radius 1 is 1.29 bits per heavy atom. The molecule has 0 radical (unpaired) electrons. The van der Waals surface area contributed by atoms with Crippen molar-refractivity contribution >= 4 is 23.4 Å². The maximum Gasteiger partial charge on any atom is 0.404 e. The van der Waals surface area contributed by atoms with E-state index in [1.165, 1.54) is 0 Å². The quantitative estimate of drug-likeness (QED) is 0.639. The van der Waals surface area contributed by atoms with Crippen LogP contribution in [-0.2, 0) is 22.8 Å². The molecular weight excluding hydrogens is 330 g/mol. The van der Waals surface area contributed by atoms with Crippen molar-refractivity contribution in [3.05, 3.63) is 63.9 Å². The summed E-state index contributed by atoms with van der Waals surface area (Å²) in [4.78, 5) is 20.4. The van der Waals surface area contributed by atoms with Crippen LogP contribution in [0, 0.1) is 6.92 Å². The number of rotatable bonds is 6. The lowest BCUT2D eigenvalue weighted by atomic mass is 10.1. The zero-order chi connectivity index (χ0) is 17.5. The Labute approximate surface area is 145 Å². The normalized spacial score (nSPS) is 11.2. The molecule has 24 heavy (non-hydrogen) atoms. The maximum absolute atomic E-state index is 10.7. The van der Waals surface area contributed by atoms with E-state index >= 15 is 0 Å². The van der Waals surface area contributed by atoms with E-state index in [9.17, 15) is 4.79 Å². The molecule has 0 aliphatic carbocycles. The summed E-state index contributed by atoms with van der Waals surface area (Å²) in [6.07, 6.45) is -0.851. The van der Waals surface area contributed by atoms with E-state index in [4.69, 9.17) is 26.9 Å². The van der Waals surface area contributed by atoms with E-state index in [-0.39, 0.29) is 13.2 Å². The number of oxime groups is 1. The largest absolute Gasteiger partial charge is 0.445 e. The van der Waals surface area contributed by atoms with Crippen LogP contribution in [0.3, 0.4) is 0 Å². The zero-order valence-corrected chi connectivity index (χ0v) is 14.2. The summed E-state index contributed by atoms with van der Waals surface area (Å²) in [6.45, 7) is 4.01. The number of primary amides is 1. The van der Waals surface area contributed by atoms with E-state index in [0.717, 1.165) is 17.0 Å². The summed E-state index contributed by atoms with van der Waals surface area (Å²) in [5, 5.41) is 4.57. The smallest absolute Gasteiger partial charge is 0.404 e. The molecule has 0 aliphatic heterocycles. The highest BCUT2D eigenvalue weighted by Crippen LogP contribution is 2.19. The van der Waals surface area contributed by atoms with Crippen molar-refractivity contribution < 1.29 is 14.4 Å². The second-order valence-electron chi connectivity index (χ2n) is 5.13. The maximum atomic E-state index is 10.7. The number of hydrogen-bond donors (Lipinski definition) is 1. The molecule has 1 aromatic heterocycles. The van der Waals surface area contributed by atoms with E-state index in [2.05, 4.69) is 10.1 Å². The molecule has 0 bridgehead atoms. The Kier molecular flexibility index (Phi) is 6.14. The Hall–Kier alpha value is -2.60. The summed E-state index contributed by atoms with van der Waals surface area (Å²) in [6, 6.07) is 11.0. The van der Waals surface area contributed by atoms with Gasteiger partial charge in [-0.3, -0.25) is 4.98 Å². The van der Waals surface area contributed by atoms with Gasteiger partial charge < -0.3 is 15.3 Å². The lowest BCUT2D eigenvalue weighted by molar-refractivity contribution is 0.127. The zero-order valence-electron chi connectivity index (χ0n) is 13.5. The highest BCUT2D eigenvalue weighted by Gasteiger charge is 2.07. The average Bonchev–Trinajstić information content (AvgIpc) is 2.54. The summed E-state index contributed by atoms with van der Waals surface area (Å²) in [5.74, 6) is 0. The van der Waals surface area contributed by atoms with Crippen molar-refractivity contribution in [1.29, 1.82) is 0 Å². The number of amides is 1. The van der Waals surface area contributed by atoms with Gasteiger partial charge in [0.15, 0.2) is 6.61 Å². The summed E-state index contributed by atoms with van der Waals surface area (Å²) >= 11 is 6.07. The second kappa shape index (κ2) is 8.31. The average molecular weight is 348 g/mol. The van der Waals surface area contributed by atoms with Crippen LogP contribution >= 0.6 is 11.6 Å². The molecule has 2 rings (SSSR count). The number of aromatic nitrogens is 1. The minimum Gasteiger partial charge on any atom is -0.445 e. The predicted octanol–water partition coefficient (Wildman–Crippen LogP) is 3.58. The summed E-state index contributed by atoms with van der Waals surface area (Å²) in [7, 11) is 0. The number of aryl methyl sites for hydroxylation is 1. The Morgan fingerprint density at radius 2 is 2.08 bits per heavy atom. The van der Waals surface area contributed by atoms with Crippen molar-refractivity contribution in [2.24, 2.45) is 10.9 Å². The first kappa shape index (κ1) is 17.7. The number of pyridine rings is 1. The first-order valence-corrected chi connectivity index (χ1v) is 7.63. The summed E-state index contributed by atoms with van der Waals surface area (Å²) < 4.78 is 4.77. The Balaban J connectivity index is 2.04. The van der Waals surface area contributed by atoms with E-state index < -0.39 is 6.09 Å². The standard InChI is InChI=1S/C17H18ClN3O3/c1-11-4-3-5-15(20-11)10-24-21-12(2)13-6-7-16(18)14(8-13)9-23-17(19)22/h3-8H,9-10H2,1-2H3,(H2,19,22). The van der Waals surface area contributed by atoms with Crippen LogP contribution in [0.25, 0.3) is 0 Å². The highest BCUT2D eigenvalue weighted by molar-refractivity contribution is 6.31. The number of carbonyl (C=O) groups is 1. The molecule has 126 valence electrons. The van der Waals surface area contributed by atoms with Gasteiger partial charge in [-0.2, -0.15) is 0 Å². The Morgan fingerprint density at radius 3 is 2.79 bits per heavy atom.